The molecule has 258 valence electrons. The molecule has 3 aromatic rings. The molecule has 0 heterocycles. The second kappa shape index (κ2) is 23.9. The first kappa shape index (κ1) is 38.1. The first-order chi connectivity index (χ1) is 23.1. The molecule has 0 aliphatic rings. The summed E-state index contributed by atoms with van der Waals surface area (Å²) in [5, 5.41) is 0. The third-order valence-electron chi connectivity index (χ3n) is 8.49. The Kier molecular flexibility index (Phi) is 19.4. The first-order valence-electron chi connectivity index (χ1n) is 18.5. The maximum absolute atomic E-state index is 13.7. The van der Waals surface area contributed by atoms with Crippen molar-refractivity contribution in [3.05, 3.63) is 78.4 Å². The fraction of sp³-hybridized carbons (Fsp3) is 0.548. The number of para-hydroxylation sites is 2. The van der Waals surface area contributed by atoms with Crippen LogP contribution >= 0.6 is 0 Å². The van der Waals surface area contributed by atoms with Gasteiger partial charge in [0.25, 0.3) is 0 Å². The summed E-state index contributed by atoms with van der Waals surface area (Å²) in [6.45, 7) is 8.27. The van der Waals surface area contributed by atoms with Gasteiger partial charge in [0.2, 0.25) is 0 Å². The van der Waals surface area contributed by atoms with E-state index < -0.39 is 5.97 Å². The van der Waals surface area contributed by atoms with E-state index in [0.29, 0.717) is 36.0 Å². The highest BCUT2D eigenvalue weighted by Gasteiger charge is 2.19. The van der Waals surface area contributed by atoms with Crippen LogP contribution in [0.25, 0.3) is 11.1 Å². The summed E-state index contributed by atoms with van der Waals surface area (Å²) < 4.78 is 24.2. The minimum absolute atomic E-state index is 0.0477. The zero-order valence-electron chi connectivity index (χ0n) is 29.5. The van der Waals surface area contributed by atoms with Crippen molar-refractivity contribution in [1.82, 2.24) is 0 Å². The predicted molar refractivity (Wildman–Crippen MR) is 195 cm³/mol. The molecular weight excluding hydrogens is 584 g/mol. The SMILES string of the molecule is CCCCCCCCCCCCOC(C)COc1ccc(-c2ccccc2)c(C(=O)Oc2ccccc2OCCCCCCCC)c1. The molecule has 0 saturated heterocycles. The molecule has 0 aliphatic heterocycles. The van der Waals surface area contributed by atoms with Gasteiger partial charge in [0.1, 0.15) is 12.4 Å². The van der Waals surface area contributed by atoms with Crippen molar-refractivity contribution in [1.29, 1.82) is 0 Å². The highest BCUT2D eigenvalue weighted by molar-refractivity contribution is 5.99. The summed E-state index contributed by atoms with van der Waals surface area (Å²) in [6, 6.07) is 22.9. The Balaban J connectivity index is 1.52. The van der Waals surface area contributed by atoms with E-state index in [2.05, 4.69) is 13.8 Å². The van der Waals surface area contributed by atoms with Gasteiger partial charge in [-0.05, 0) is 61.2 Å². The first-order valence-corrected chi connectivity index (χ1v) is 18.5. The van der Waals surface area contributed by atoms with Crippen LogP contribution in [-0.2, 0) is 4.74 Å². The van der Waals surface area contributed by atoms with Gasteiger partial charge in [0.05, 0.1) is 18.3 Å². The molecule has 5 nitrogen and oxygen atoms in total. The predicted octanol–water partition coefficient (Wildman–Crippen LogP) is 12.0. The van der Waals surface area contributed by atoms with Crippen molar-refractivity contribution in [2.45, 2.75) is 130 Å². The third kappa shape index (κ3) is 15.4. The second-order valence-corrected chi connectivity index (χ2v) is 12.7. The monoisotopic (exact) mass is 644 g/mol. The molecule has 1 atom stereocenters. The molecule has 0 N–H and O–H groups in total. The van der Waals surface area contributed by atoms with Crippen molar-refractivity contribution >= 4 is 5.97 Å². The van der Waals surface area contributed by atoms with Gasteiger partial charge in [0, 0.05) is 6.61 Å². The van der Waals surface area contributed by atoms with Gasteiger partial charge in [-0.1, -0.05) is 146 Å². The van der Waals surface area contributed by atoms with E-state index in [9.17, 15) is 4.79 Å². The molecule has 1 unspecified atom stereocenters. The minimum atomic E-state index is -0.449. The Bertz CT molecular complexity index is 1240. The van der Waals surface area contributed by atoms with Crippen molar-refractivity contribution in [2.24, 2.45) is 0 Å². The van der Waals surface area contributed by atoms with Crippen LogP contribution in [0.15, 0.2) is 72.8 Å². The fourth-order valence-corrected chi connectivity index (χ4v) is 5.66. The van der Waals surface area contributed by atoms with E-state index in [1.807, 2.05) is 67.6 Å². The largest absolute Gasteiger partial charge is 0.491 e. The topological polar surface area (TPSA) is 54.0 Å². The van der Waals surface area contributed by atoms with E-state index in [4.69, 9.17) is 18.9 Å². The molecule has 0 saturated carbocycles. The molecule has 0 amide bonds. The Morgan fingerprint density at radius 3 is 1.79 bits per heavy atom. The number of carbonyl (C=O) groups excluding carboxylic acids is 1. The maximum atomic E-state index is 13.7. The van der Waals surface area contributed by atoms with Gasteiger partial charge in [-0.3, -0.25) is 0 Å². The highest BCUT2D eigenvalue weighted by atomic mass is 16.6. The molecule has 0 spiro atoms. The van der Waals surface area contributed by atoms with Crippen LogP contribution in [0.5, 0.6) is 17.2 Å². The van der Waals surface area contributed by atoms with Gasteiger partial charge >= 0.3 is 5.97 Å². The van der Waals surface area contributed by atoms with Crippen LogP contribution in [0.4, 0.5) is 0 Å². The molecule has 0 aliphatic carbocycles. The summed E-state index contributed by atoms with van der Waals surface area (Å²) in [7, 11) is 0. The third-order valence-corrected chi connectivity index (χ3v) is 8.49. The van der Waals surface area contributed by atoms with Crippen LogP contribution in [0, 0.1) is 0 Å². The molecule has 3 rings (SSSR count). The standard InChI is InChI=1S/C42H60O5/c1-4-6-8-10-12-13-14-15-17-23-31-44-35(3)34-46-37-29-30-38(36-25-19-18-20-26-36)39(33-37)42(43)47-41-28-22-21-27-40(41)45-32-24-16-11-9-7-5-2/h18-22,25-30,33,35H,4-17,23-24,31-32,34H2,1-3H3. The van der Waals surface area contributed by atoms with Crippen molar-refractivity contribution in [3.8, 4) is 28.4 Å². The smallest absolute Gasteiger partial charge is 0.344 e. The quantitative estimate of drug-likeness (QED) is 0.0494. The van der Waals surface area contributed by atoms with E-state index in [1.54, 1.807) is 12.1 Å². The average Bonchev–Trinajstić information content (AvgIpc) is 3.10. The average molecular weight is 645 g/mol. The Morgan fingerprint density at radius 1 is 0.596 bits per heavy atom. The maximum Gasteiger partial charge on any atom is 0.344 e. The Labute approximate surface area is 285 Å². The van der Waals surface area contributed by atoms with Crippen molar-refractivity contribution in [3.63, 3.8) is 0 Å². The fourth-order valence-electron chi connectivity index (χ4n) is 5.66. The van der Waals surface area contributed by atoms with Crippen LogP contribution in [0.1, 0.15) is 134 Å². The lowest BCUT2D eigenvalue weighted by molar-refractivity contribution is 0.0302. The molecule has 0 bridgehead atoms. The lowest BCUT2D eigenvalue weighted by Crippen LogP contribution is -2.19. The van der Waals surface area contributed by atoms with Gasteiger partial charge in [-0.2, -0.15) is 0 Å². The molecule has 47 heavy (non-hydrogen) atoms. The zero-order valence-corrected chi connectivity index (χ0v) is 29.5. The van der Waals surface area contributed by atoms with Gasteiger partial charge in [-0.15, -0.1) is 0 Å². The Morgan fingerprint density at radius 2 is 1.15 bits per heavy atom. The van der Waals surface area contributed by atoms with Crippen LogP contribution in [0.2, 0.25) is 0 Å². The lowest BCUT2D eigenvalue weighted by Gasteiger charge is -2.17. The summed E-state index contributed by atoms with van der Waals surface area (Å²) >= 11 is 0. The molecule has 0 fully saturated rings. The molecule has 3 aromatic carbocycles. The van der Waals surface area contributed by atoms with E-state index in [-0.39, 0.29) is 6.10 Å². The number of hydrogen-bond donors (Lipinski definition) is 0. The zero-order chi connectivity index (χ0) is 33.4. The number of rotatable bonds is 26. The summed E-state index contributed by atoms with van der Waals surface area (Å²) in [5.41, 5.74) is 2.17. The number of benzene rings is 3. The molecule has 0 radical (unpaired) electrons. The number of ether oxygens (including phenoxy) is 4. The lowest BCUT2D eigenvalue weighted by atomic mass is 9.99. The Hall–Kier alpha value is -3.31. The molecule has 5 heteroatoms. The number of carbonyl (C=O) groups is 1. The van der Waals surface area contributed by atoms with Gasteiger partial charge < -0.3 is 18.9 Å². The van der Waals surface area contributed by atoms with Crippen molar-refractivity contribution in [2.75, 3.05) is 19.8 Å². The number of esters is 1. The van der Waals surface area contributed by atoms with E-state index in [0.717, 1.165) is 37.0 Å². The second-order valence-electron chi connectivity index (χ2n) is 12.7. The van der Waals surface area contributed by atoms with Crippen molar-refractivity contribution < 1.29 is 23.7 Å². The van der Waals surface area contributed by atoms with Gasteiger partial charge in [-0.25, -0.2) is 4.79 Å². The summed E-state index contributed by atoms with van der Waals surface area (Å²) in [5.74, 6) is 1.16. The molecular formula is C42H60O5. The molecule has 0 aromatic heterocycles. The van der Waals surface area contributed by atoms with E-state index in [1.165, 1.54) is 83.5 Å². The number of unbranched alkanes of at least 4 members (excludes halogenated alkanes) is 14. The van der Waals surface area contributed by atoms with Crippen LogP contribution in [0.3, 0.4) is 0 Å². The highest BCUT2D eigenvalue weighted by Crippen LogP contribution is 2.32. The van der Waals surface area contributed by atoms with Crippen LogP contribution in [-0.4, -0.2) is 31.9 Å². The number of hydrogen-bond acceptors (Lipinski definition) is 5. The summed E-state index contributed by atoms with van der Waals surface area (Å²) in [4.78, 5) is 13.7. The van der Waals surface area contributed by atoms with Crippen LogP contribution < -0.4 is 14.2 Å². The van der Waals surface area contributed by atoms with Gasteiger partial charge in [0.15, 0.2) is 11.5 Å². The van der Waals surface area contributed by atoms with E-state index >= 15 is 0 Å². The summed E-state index contributed by atoms with van der Waals surface area (Å²) in [6.07, 6.45) is 20.1. The minimum Gasteiger partial charge on any atom is -0.491 e. The normalized spacial score (nSPS) is 11.7.